The highest BCUT2D eigenvalue weighted by atomic mass is 16.5. The molecular weight excluding hydrogens is 586 g/mol. The molecule has 5 unspecified atom stereocenters. The lowest BCUT2D eigenvalue weighted by Gasteiger charge is -2.57. The number of nitriles is 1. The van der Waals surface area contributed by atoms with Crippen molar-refractivity contribution in [2.45, 2.75) is 90.9 Å². The average molecular weight is 630 g/mol. The first-order chi connectivity index (χ1) is 22.5. The van der Waals surface area contributed by atoms with Gasteiger partial charge < -0.3 is 14.4 Å². The van der Waals surface area contributed by atoms with E-state index in [9.17, 15) is 10.1 Å². The minimum atomic E-state index is -1.37. The van der Waals surface area contributed by atoms with Gasteiger partial charge >= 0.3 is 5.97 Å². The number of hydrogen-bond donors (Lipinski definition) is 1. The molecule has 7 nitrogen and oxygen atoms in total. The number of nitrogens with one attached hydrogen (secondary N) is 1. The van der Waals surface area contributed by atoms with Crippen molar-refractivity contribution in [1.82, 2.24) is 0 Å². The van der Waals surface area contributed by atoms with Gasteiger partial charge in [0.2, 0.25) is 11.5 Å². The largest absolute Gasteiger partial charge is 0.462 e. The molecule has 8 rings (SSSR count). The van der Waals surface area contributed by atoms with Gasteiger partial charge in [-0.15, -0.1) is 0 Å². The smallest absolute Gasteiger partial charge is 0.302 e. The second-order valence-electron chi connectivity index (χ2n) is 15.4. The molecule has 6 aliphatic rings. The molecule has 4 aliphatic carbocycles. The van der Waals surface area contributed by atoms with Crippen molar-refractivity contribution in [3.63, 3.8) is 0 Å². The van der Waals surface area contributed by atoms with Crippen LogP contribution in [0, 0.1) is 58.2 Å². The summed E-state index contributed by atoms with van der Waals surface area (Å²) in [5.41, 5.74) is 4.90. The Labute approximate surface area is 277 Å². The second-order valence-corrected chi connectivity index (χ2v) is 15.4. The summed E-state index contributed by atoms with van der Waals surface area (Å²) in [6, 6.07) is 18.5. The first kappa shape index (κ1) is 30.2. The number of hydrogen-bond acceptors (Lipinski definition) is 6. The van der Waals surface area contributed by atoms with Gasteiger partial charge in [-0.2, -0.15) is 5.26 Å². The van der Waals surface area contributed by atoms with E-state index in [1.165, 1.54) is 12.5 Å². The Bertz CT molecular complexity index is 1840. The van der Waals surface area contributed by atoms with Crippen LogP contribution in [-0.4, -0.2) is 23.9 Å². The Kier molecular flexibility index (Phi) is 6.68. The zero-order valence-corrected chi connectivity index (χ0v) is 27.8. The standard InChI is InChI=1S/C40H43N3O4/c1-23-8-7-9-25(18-23)22-43-34-11-6-5-10-31(34)40(37(43)45)33-20-32-28-13-12-26-19-27(46-24(2)44)14-16-38(26,3)30(28)15-17-39(32,4)35(33)29(21-41)36(42)47-40/h5-12,18,27-28,30,32-33,42H,13-17,19-20,22H2,1-4H3/t27-,28?,30?,32?,33?,38-,39-,40?/m0/s1. The number of ether oxygens (including phenoxy) is 2. The monoisotopic (exact) mass is 629 g/mol. The molecule has 1 N–H and O–H groups in total. The summed E-state index contributed by atoms with van der Waals surface area (Å²) in [5, 5.41) is 19.6. The van der Waals surface area contributed by atoms with E-state index in [0.29, 0.717) is 24.0 Å². The van der Waals surface area contributed by atoms with Gasteiger partial charge in [0, 0.05) is 24.8 Å². The topological polar surface area (TPSA) is 103 Å². The van der Waals surface area contributed by atoms with Crippen molar-refractivity contribution < 1.29 is 19.1 Å². The number of para-hydroxylation sites is 1. The molecule has 2 aromatic carbocycles. The van der Waals surface area contributed by atoms with Crippen molar-refractivity contribution in [2.75, 3.05) is 4.90 Å². The number of carbonyl (C=O) groups is 2. The summed E-state index contributed by atoms with van der Waals surface area (Å²) in [4.78, 5) is 28.6. The normalized spacial score (nSPS) is 36.8. The number of nitrogens with zero attached hydrogens (tertiary/aromatic N) is 2. The Morgan fingerprint density at radius 2 is 1.89 bits per heavy atom. The van der Waals surface area contributed by atoms with Gasteiger partial charge in [-0.25, -0.2) is 0 Å². The van der Waals surface area contributed by atoms with Crippen molar-refractivity contribution in [2.24, 2.45) is 34.5 Å². The quantitative estimate of drug-likeness (QED) is 0.277. The van der Waals surface area contributed by atoms with Crippen LogP contribution in [0.5, 0.6) is 0 Å². The third kappa shape index (κ3) is 4.12. The minimum absolute atomic E-state index is 0.0440. The molecule has 3 saturated carbocycles. The number of carbonyl (C=O) groups excluding carboxylic acids is 2. The fourth-order valence-electron chi connectivity index (χ4n) is 11.2. The van der Waals surface area contributed by atoms with E-state index in [0.717, 1.165) is 72.9 Å². The summed E-state index contributed by atoms with van der Waals surface area (Å²) >= 11 is 0. The van der Waals surface area contributed by atoms with Crippen molar-refractivity contribution in [3.8, 4) is 6.07 Å². The molecule has 3 fully saturated rings. The number of benzene rings is 2. The highest BCUT2D eigenvalue weighted by Gasteiger charge is 2.70. The number of fused-ring (bicyclic) bond motifs is 10. The molecule has 2 heterocycles. The maximum Gasteiger partial charge on any atom is 0.302 e. The molecule has 47 heavy (non-hydrogen) atoms. The van der Waals surface area contributed by atoms with Crippen LogP contribution >= 0.6 is 0 Å². The Morgan fingerprint density at radius 3 is 2.66 bits per heavy atom. The molecule has 8 atom stereocenters. The fraction of sp³-hybridized carbons (Fsp3) is 0.500. The van der Waals surface area contributed by atoms with E-state index in [-0.39, 0.29) is 46.5 Å². The molecule has 0 bridgehead atoms. The van der Waals surface area contributed by atoms with Gasteiger partial charge in [-0.1, -0.05) is 73.5 Å². The van der Waals surface area contributed by atoms with Crippen molar-refractivity contribution in [1.29, 1.82) is 10.7 Å². The second kappa shape index (κ2) is 10.4. The van der Waals surface area contributed by atoms with E-state index in [4.69, 9.17) is 14.9 Å². The minimum Gasteiger partial charge on any atom is -0.462 e. The lowest BCUT2D eigenvalue weighted by atomic mass is 9.47. The van der Waals surface area contributed by atoms with Crippen LogP contribution in [-0.2, 0) is 31.2 Å². The van der Waals surface area contributed by atoms with Gasteiger partial charge in [-0.3, -0.25) is 15.0 Å². The van der Waals surface area contributed by atoms with E-state index in [1.807, 2.05) is 41.3 Å². The van der Waals surface area contributed by atoms with Crippen LogP contribution in [0.4, 0.5) is 5.69 Å². The van der Waals surface area contributed by atoms with Crippen molar-refractivity contribution in [3.05, 3.63) is 88.0 Å². The molecule has 2 aromatic rings. The Hall–Kier alpha value is -4.18. The number of anilines is 1. The number of aryl methyl sites for hydroxylation is 1. The number of amides is 1. The first-order valence-electron chi connectivity index (χ1n) is 17.3. The number of rotatable bonds is 3. The van der Waals surface area contributed by atoms with Crippen LogP contribution < -0.4 is 4.90 Å². The van der Waals surface area contributed by atoms with Crippen LogP contribution in [0.15, 0.2) is 71.3 Å². The lowest BCUT2D eigenvalue weighted by molar-refractivity contribution is -0.148. The Balaban J connectivity index is 1.21. The maximum absolute atomic E-state index is 15.0. The molecule has 7 heteroatoms. The van der Waals surface area contributed by atoms with Gasteiger partial charge in [0.15, 0.2) is 0 Å². The van der Waals surface area contributed by atoms with Crippen LogP contribution in [0.1, 0.15) is 82.4 Å². The first-order valence-corrected chi connectivity index (χ1v) is 17.3. The van der Waals surface area contributed by atoms with Gasteiger partial charge in [-0.05, 0) is 91.2 Å². The van der Waals surface area contributed by atoms with E-state index < -0.39 is 5.60 Å². The maximum atomic E-state index is 15.0. The molecule has 0 radical (unpaired) electrons. The molecule has 0 saturated heterocycles. The molecular formula is C40H43N3O4. The highest BCUT2D eigenvalue weighted by molar-refractivity contribution is 6.11. The van der Waals surface area contributed by atoms with E-state index >= 15 is 4.79 Å². The van der Waals surface area contributed by atoms with Crippen molar-refractivity contribution >= 4 is 23.5 Å². The predicted molar refractivity (Wildman–Crippen MR) is 178 cm³/mol. The Morgan fingerprint density at radius 1 is 1.11 bits per heavy atom. The molecule has 2 aliphatic heterocycles. The number of allylic oxidation sites excluding steroid dienone is 1. The van der Waals surface area contributed by atoms with Gasteiger partial charge in [0.1, 0.15) is 17.7 Å². The zero-order chi connectivity index (χ0) is 32.9. The molecule has 0 aromatic heterocycles. The summed E-state index contributed by atoms with van der Waals surface area (Å²) in [7, 11) is 0. The number of esters is 1. The SMILES string of the molecule is CC(=O)O[C@H]1CC[C@@]2(C)C(=CCC3C2CC[C@]2(C)C4=C(C#N)C(=N)OC5(C(=O)N(Cc6cccc(C)c6)c6ccccc65)C4CC32)C1. The van der Waals surface area contributed by atoms with Gasteiger partial charge in [0.05, 0.1) is 12.2 Å². The molecule has 1 spiro atoms. The lowest BCUT2D eigenvalue weighted by Crippen LogP contribution is -2.52. The summed E-state index contributed by atoms with van der Waals surface area (Å²) in [5.74, 6) is 0.281. The average Bonchev–Trinajstić information content (AvgIpc) is 3.47. The third-order valence-electron chi connectivity index (χ3n) is 13.2. The third-order valence-corrected chi connectivity index (χ3v) is 13.2. The van der Waals surface area contributed by atoms with Gasteiger partial charge in [0.25, 0.3) is 5.91 Å². The van der Waals surface area contributed by atoms with Crippen LogP contribution in [0.2, 0.25) is 0 Å². The fourth-order valence-corrected chi connectivity index (χ4v) is 11.2. The van der Waals surface area contributed by atoms with Crippen LogP contribution in [0.25, 0.3) is 0 Å². The molecule has 1 amide bonds. The predicted octanol–water partition coefficient (Wildman–Crippen LogP) is 7.69. The summed E-state index contributed by atoms with van der Waals surface area (Å²) in [6.45, 7) is 8.70. The summed E-state index contributed by atoms with van der Waals surface area (Å²) < 4.78 is 12.2. The van der Waals surface area contributed by atoms with E-state index in [1.54, 1.807) is 0 Å². The van der Waals surface area contributed by atoms with E-state index in [2.05, 4.69) is 45.0 Å². The summed E-state index contributed by atoms with van der Waals surface area (Å²) in [6.07, 6.45) is 8.70. The molecule has 242 valence electrons. The highest BCUT2D eigenvalue weighted by Crippen LogP contribution is 2.71. The zero-order valence-electron chi connectivity index (χ0n) is 27.8. The van der Waals surface area contributed by atoms with Crippen LogP contribution in [0.3, 0.4) is 0 Å².